The maximum absolute atomic E-state index is 12.7. The SMILES string of the molecule is O=C(O)C1CCCC(C(=O)N2CCC(c3ccc(C(F)(F)F)cc3)CC2)C1. The lowest BCUT2D eigenvalue weighted by atomic mass is 9.80. The predicted octanol–water partition coefficient (Wildman–Crippen LogP) is 4.30. The van der Waals surface area contributed by atoms with Gasteiger partial charge in [-0.25, -0.2) is 0 Å². The van der Waals surface area contributed by atoms with Crippen molar-refractivity contribution in [2.75, 3.05) is 13.1 Å². The van der Waals surface area contributed by atoms with Crippen molar-refractivity contribution >= 4 is 11.9 Å². The monoisotopic (exact) mass is 383 g/mol. The number of rotatable bonds is 3. The maximum Gasteiger partial charge on any atom is 0.416 e. The van der Waals surface area contributed by atoms with E-state index in [1.165, 1.54) is 12.1 Å². The number of hydrogen-bond acceptors (Lipinski definition) is 2. The standard InChI is InChI=1S/C20H24F3NO3/c21-20(22,23)17-6-4-13(5-7-17)14-8-10-24(11-9-14)18(25)15-2-1-3-16(12-15)19(26)27/h4-7,14-16H,1-3,8-12H2,(H,26,27). The molecule has 1 aliphatic carbocycles. The van der Waals surface area contributed by atoms with Gasteiger partial charge in [0.2, 0.25) is 5.91 Å². The average molecular weight is 383 g/mol. The molecule has 4 nitrogen and oxygen atoms in total. The summed E-state index contributed by atoms with van der Waals surface area (Å²) in [4.78, 5) is 25.7. The van der Waals surface area contributed by atoms with Gasteiger partial charge in [-0.2, -0.15) is 13.2 Å². The van der Waals surface area contributed by atoms with Crippen molar-refractivity contribution in [1.29, 1.82) is 0 Å². The van der Waals surface area contributed by atoms with Gasteiger partial charge in [-0.05, 0) is 55.7 Å². The van der Waals surface area contributed by atoms with E-state index in [0.29, 0.717) is 38.8 Å². The Morgan fingerprint density at radius 3 is 2.11 bits per heavy atom. The fraction of sp³-hybridized carbons (Fsp3) is 0.600. The molecule has 2 atom stereocenters. The second kappa shape index (κ2) is 7.90. The Kier molecular flexibility index (Phi) is 5.77. The van der Waals surface area contributed by atoms with Crippen LogP contribution in [0.25, 0.3) is 0 Å². The van der Waals surface area contributed by atoms with Gasteiger partial charge in [0.1, 0.15) is 0 Å². The Bertz CT molecular complexity index is 679. The molecule has 0 radical (unpaired) electrons. The van der Waals surface area contributed by atoms with Crippen LogP contribution in [0.15, 0.2) is 24.3 Å². The highest BCUT2D eigenvalue weighted by Gasteiger charge is 2.35. The number of benzene rings is 1. The van der Waals surface area contributed by atoms with Gasteiger partial charge in [-0.1, -0.05) is 18.6 Å². The predicted molar refractivity (Wildman–Crippen MR) is 93.1 cm³/mol. The summed E-state index contributed by atoms with van der Waals surface area (Å²) >= 11 is 0. The molecule has 0 aromatic heterocycles. The second-order valence-corrected chi connectivity index (χ2v) is 7.62. The van der Waals surface area contributed by atoms with Crippen LogP contribution in [-0.2, 0) is 15.8 Å². The number of amides is 1. The number of alkyl halides is 3. The third-order valence-corrected chi connectivity index (χ3v) is 5.89. The number of halogens is 3. The first kappa shape index (κ1) is 19.7. The number of carbonyl (C=O) groups excluding carboxylic acids is 1. The fourth-order valence-corrected chi connectivity index (χ4v) is 4.27. The number of carboxylic acid groups (broad SMARTS) is 1. The summed E-state index contributed by atoms with van der Waals surface area (Å²) in [5, 5.41) is 9.18. The third-order valence-electron chi connectivity index (χ3n) is 5.89. The van der Waals surface area contributed by atoms with Crippen LogP contribution in [0.1, 0.15) is 55.6 Å². The molecule has 1 amide bonds. The van der Waals surface area contributed by atoms with Gasteiger partial charge in [0.15, 0.2) is 0 Å². The molecule has 2 aliphatic rings. The minimum absolute atomic E-state index is 0.0341. The van der Waals surface area contributed by atoms with Gasteiger partial charge < -0.3 is 10.0 Å². The van der Waals surface area contributed by atoms with E-state index in [-0.39, 0.29) is 17.7 Å². The number of likely N-dealkylation sites (tertiary alicyclic amines) is 1. The zero-order valence-corrected chi connectivity index (χ0v) is 15.0. The summed E-state index contributed by atoms with van der Waals surface area (Å²) in [6.07, 6.45) is -0.362. The lowest BCUT2D eigenvalue weighted by Gasteiger charge is -2.36. The van der Waals surface area contributed by atoms with E-state index >= 15 is 0 Å². The van der Waals surface area contributed by atoms with Crippen molar-refractivity contribution in [2.24, 2.45) is 11.8 Å². The smallest absolute Gasteiger partial charge is 0.416 e. The highest BCUT2D eigenvalue weighted by atomic mass is 19.4. The Morgan fingerprint density at radius 2 is 1.56 bits per heavy atom. The van der Waals surface area contributed by atoms with Gasteiger partial charge in [0.25, 0.3) is 0 Å². The van der Waals surface area contributed by atoms with E-state index < -0.39 is 23.6 Å². The molecule has 0 bridgehead atoms. The first-order valence-corrected chi connectivity index (χ1v) is 9.44. The topological polar surface area (TPSA) is 57.6 Å². The second-order valence-electron chi connectivity index (χ2n) is 7.62. The summed E-state index contributed by atoms with van der Waals surface area (Å²) in [7, 11) is 0. The normalized spacial score (nSPS) is 24.6. The van der Waals surface area contributed by atoms with Crippen LogP contribution in [-0.4, -0.2) is 35.0 Å². The maximum atomic E-state index is 12.7. The van der Waals surface area contributed by atoms with Crippen LogP contribution in [0.4, 0.5) is 13.2 Å². The van der Waals surface area contributed by atoms with Crippen LogP contribution in [0, 0.1) is 11.8 Å². The van der Waals surface area contributed by atoms with Crippen molar-refractivity contribution in [3.05, 3.63) is 35.4 Å². The molecule has 1 heterocycles. The Labute approximate surface area is 156 Å². The first-order valence-electron chi connectivity index (χ1n) is 9.44. The molecule has 2 unspecified atom stereocenters. The van der Waals surface area contributed by atoms with Crippen molar-refractivity contribution in [2.45, 2.75) is 50.6 Å². The molecular weight excluding hydrogens is 359 g/mol. The van der Waals surface area contributed by atoms with Crippen LogP contribution < -0.4 is 0 Å². The van der Waals surface area contributed by atoms with E-state index in [1.54, 1.807) is 4.90 Å². The van der Waals surface area contributed by atoms with Gasteiger partial charge in [0, 0.05) is 19.0 Å². The molecule has 7 heteroatoms. The summed E-state index contributed by atoms with van der Waals surface area (Å²) in [5.41, 5.74) is 0.225. The largest absolute Gasteiger partial charge is 0.481 e. The number of carbonyl (C=O) groups is 2. The van der Waals surface area contributed by atoms with E-state index in [0.717, 1.165) is 30.5 Å². The number of carboxylic acids is 1. The molecule has 0 spiro atoms. The van der Waals surface area contributed by atoms with E-state index in [1.807, 2.05) is 0 Å². The molecule has 1 N–H and O–H groups in total. The van der Waals surface area contributed by atoms with Crippen molar-refractivity contribution < 1.29 is 27.9 Å². The molecule has 1 aliphatic heterocycles. The van der Waals surface area contributed by atoms with Crippen LogP contribution in [0.2, 0.25) is 0 Å². The van der Waals surface area contributed by atoms with Crippen LogP contribution >= 0.6 is 0 Å². The van der Waals surface area contributed by atoms with E-state index in [4.69, 9.17) is 0 Å². The molecule has 1 aromatic carbocycles. The number of aliphatic carboxylic acids is 1. The van der Waals surface area contributed by atoms with Crippen LogP contribution in [0.5, 0.6) is 0 Å². The molecule has 148 valence electrons. The van der Waals surface area contributed by atoms with Gasteiger partial charge >= 0.3 is 12.1 Å². The van der Waals surface area contributed by atoms with Crippen molar-refractivity contribution in [3.8, 4) is 0 Å². The Morgan fingerprint density at radius 1 is 0.963 bits per heavy atom. The minimum Gasteiger partial charge on any atom is -0.481 e. The summed E-state index contributed by atoms with van der Waals surface area (Å²) in [5.74, 6) is -1.30. The molecule has 27 heavy (non-hydrogen) atoms. The highest BCUT2D eigenvalue weighted by Crippen LogP contribution is 2.35. The lowest BCUT2D eigenvalue weighted by molar-refractivity contribution is -0.146. The van der Waals surface area contributed by atoms with Gasteiger partial charge in [0.05, 0.1) is 11.5 Å². The molecule has 1 saturated heterocycles. The molecule has 3 rings (SSSR count). The number of hydrogen-bond donors (Lipinski definition) is 1. The quantitative estimate of drug-likeness (QED) is 0.847. The lowest BCUT2D eigenvalue weighted by Crippen LogP contribution is -2.43. The molecule has 1 aromatic rings. The zero-order valence-electron chi connectivity index (χ0n) is 15.0. The van der Waals surface area contributed by atoms with Crippen molar-refractivity contribution in [1.82, 2.24) is 4.90 Å². The molecule has 1 saturated carbocycles. The van der Waals surface area contributed by atoms with E-state index in [9.17, 15) is 27.9 Å². The zero-order chi connectivity index (χ0) is 19.6. The van der Waals surface area contributed by atoms with Crippen LogP contribution in [0.3, 0.4) is 0 Å². The molecular formula is C20H24F3NO3. The summed E-state index contributed by atoms with van der Waals surface area (Å²) in [6.45, 7) is 1.14. The van der Waals surface area contributed by atoms with Gasteiger partial charge in [-0.15, -0.1) is 0 Å². The highest BCUT2D eigenvalue weighted by molar-refractivity contribution is 5.80. The van der Waals surface area contributed by atoms with Gasteiger partial charge in [-0.3, -0.25) is 9.59 Å². The average Bonchev–Trinajstić information content (AvgIpc) is 2.67. The molecule has 2 fully saturated rings. The Hall–Kier alpha value is -2.05. The van der Waals surface area contributed by atoms with Crippen molar-refractivity contribution in [3.63, 3.8) is 0 Å². The number of piperidine rings is 1. The number of nitrogens with zero attached hydrogens (tertiary/aromatic N) is 1. The first-order chi connectivity index (χ1) is 12.8. The fourth-order valence-electron chi connectivity index (χ4n) is 4.27. The summed E-state index contributed by atoms with van der Waals surface area (Å²) in [6, 6.07) is 5.29. The summed E-state index contributed by atoms with van der Waals surface area (Å²) < 4.78 is 38.0. The minimum atomic E-state index is -4.33. The third kappa shape index (κ3) is 4.62. The van der Waals surface area contributed by atoms with E-state index in [2.05, 4.69) is 0 Å². The Balaban J connectivity index is 1.55.